The number of methoxy groups -OCH3 is 2. The molecule has 0 fully saturated rings. The molecule has 0 bridgehead atoms. The van der Waals surface area contributed by atoms with E-state index in [1.54, 1.807) is 38.5 Å². The number of nitrogens with one attached hydrogen (secondary N) is 1. The normalized spacial score (nSPS) is 11.5. The molecule has 5 nitrogen and oxygen atoms in total. The molecule has 0 unspecified atom stereocenters. The fourth-order valence-electron chi connectivity index (χ4n) is 2.46. The molecule has 0 heterocycles. The van der Waals surface area contributed by atoms with Gasteiger partial charge in [-0.3, -0.25) is 4.79 Å². The fourth-order valence-corrected chi connectivity index (χ4v) is 2.46. The lowest BCUT2D eigenvalue weighted by atomic mass is 10.1. The number of rotatable bonds is 8. The molecule has 2 aromatic rings. The first-order valence-corrected chi connectivity index (χ1v) is 8.34. The Morgan fingerprint density at radius 2 is 1.72 bits per heavy atom. The minimum Gasteiger partial charge on any atom is -0.497 e. The van der Waals surface area contributed by atoms with Gasteiger partial charge in [0, 0.05) is 11.1 Å². The highest BCUT2D eigenvalue weighted by atomic mass is 16.5. The summed E-state index contributed by atoms with van der Waals surface area (Å²) in [5, 5.41) is 2.99. The second-order valence-electron chi connectivity index (χ2n) is 5.68. The number of carbonyl (C=O) groups excluding carboxylic acids is 1. The molecule has 0 radical (unpaired) electrons. The third-order valence-corrected chi connectivity index (χ3v) is 3.84. The summed E-state index contributed by atoms with van der Waals surface area (Å²) >= 11 is 0. The van der Waals surface area contributed by atoms with E-state index in [1.807, 2.05) is 25.1 Å². The minimum absolute atomic E-state index is 0.153. The van der Waals surface area contributed by atoms with E-state index in [0.717, 1.165) is 17.7 Å². The number of hydrogen-bond donors (Lipinski definition) is 1. The Morgan fingerprint density at radius 3 is 2.32 bits per heavy atom. The van der Waals surface area contributed by atoms with Crippen molar-refractivity contribution in [3.05, 3.63) is 53.6 Å². The van der Waals surface area contributed by atoms with Crippen LogP contribution in [-0.2, 0) is 0 Å². The summed E-state index contributed by atoms with van der Waals surface area (Å²) in [7, 11) is 3.21. The van der Waals surface area contributed by atoms with Crippen molar-refractivity contribution in [1.29, 1.82) is 0 Å². The molecule has 0 saturated heterocycles. The molecule has 0 saturated carbocycles. The van der Waals surface area contributed by atoms with E-state index in [-0.39, 0.29) is 11.9 Å². The highest BCUT2D eigenvalue weighted by molar-refractivity contribution is 5.94. The zero-order valence-corrected chi connectivity index (χ0v) is 15.2. The summed E-state index contributed by atoms with van der Waals surface area (Å²) in [6.45, 7) is 4.63. The van der Waals surface area contributed by atoms with Gasteiger partial charge in [0.15, 0.2) is 0 Å². The molecular formula is C20H25NO4. The van der Waals surface area contributed by atoms with Crippen molar-refractivity contribution < 1.29 is 19.0 Å². The maximum atomic E-state index is 12.5. The van der Waals surface area contributed by atoms with Crippen molar-refractivity contribution in [2.75, 3.05) is 20.8 Å². The zero-order chi connectivity index (χ0) is 18.2. The van der Waals surface area contributed by atoms with E-state index in [1.165, 1.54) is 0 Å². The topological polar surface area (TPSA) is 56.8 Å². The average molecular weight is 343 g/mol. The van der Waals surface area contributed by atoms with Gasteiger partial charge in [0.25, 0.3) is 5.91 Å². The molecular weight excluding hydrogens is 318 g/mol. The van der Waals surface area contributed by atoms with Gasteiger partial charge < -0.3 is 19.5 Å². The van der Waals surface area contributed by atoms with Gasteiger partial charge in [0.2, 0.25) is 0 Å². The van der Waals surface area contributed by atoms with Crippen molar-refractivity contribution in [2.45, 2.75) is 26.3 Å². The van der Waals surface area contributed by atoms with Crippen LogP contribution in [0.1, 0.15) is 42.2 Å². The number of carbonyl (C=O) groups is 1. The van der Waals surface area contributed by atoms with Gasteiger partial charge in [-0.2, -0.15) is 0 Å². The Bertz CT molecular complexity index is 697. The molecule has 0 aliphatic carbocycles. The number of benzene rings is 2. The van der Waals surface area contributed by atoms with Crippen LogP contribution in [0.4, 0.5) is 0 Å². The van der Waals surface area contributed by atoms with Crippen LogP contribution in [-0.4, -0.2) is 26.7 Å². The van der Waals surface area contributed by atoms with Crippen LogP contribution in [0.25, 0.3) is 0 Å². The Kier molecular flexibility index (Phi) is 6.69. The van der Waals surface area contributed by atoms with Crippen LogP contribution in [0.2, 0.25) is 0 Å². The van der Waals surface area contributed by atoms with E-state index < -0.39 is 0 Å². The van der Waals surface area contributed by atoms with E-state index in [4.69, 9.17) is 14.2 Å². The molecule has 25 heavy (non-hydrogen) atoms. The van der Waals surface area contributed by atoms with Gasteiger partial charge in [-0.25, -0.2) is 0 Å². The van der Waals surface area contributed by atoms with E-state index in [9.17, 15) is 4.79 Å². The zero-order valence-electron chi connectivity index (χ0n) is 15.2. The predicted octanol–water partition coefficient (Wildman–Crippen LogP) is 3.98. The third-order valence-electron chi connectivity index (χ3n) is 3.84. The second kappa shape index (κ2) is 8.97. The van der Waals surface area contributed by atoms with Crippen molar-refractivity contribution in [3.63, 3.8) is 0 Å². The number of amides is 1. The molecule has 0 aliphatic rings. The molecule has 1 atom stereocenters. The monoisotopic (exact) mass is 343 g/mol. The average Bonchev–Trinajstić information content (AvgIpc) is 2.66. The lowest BCUT2D eigenvalue weighted by Crippen LogP contribution is -2.26. The van der Waals surface area contributed by atoms with Gasteiger partial charge in [0.1, 0.15) is 17.2 Å². The predicted molar refractivity (Wildman–Crippen MR) is 97.7 cm³/mol. The Morgan fingerprint density at radius 1 is 1.04 bits per heavy atom. The Hall–Kier alpha value is -2.69. The summed E-state index contributed by atoms with van der Waals surface area (Å²) in [5.41, 5.74) is 1.44. The molecule has 5 heteroatoms. The highest BCUT2D eigenvalue weighted by Crippen LogP contribution is 2.29. The van der Waals surface area contributed by atoms with Crippen molar-refractivity contribution >= 4 is 5.91 Å². The maximum absolute atomic E-state index is 12.5. The summed E-state index contributed by atoms with van der Waals surface area (Å²) < 4.78 is 16.2. The minimum atomic E-state index is -0.228. The molecule has 0 aromatic heterocycles. The van der Waals surface area contributed by atoms with Crippen LogP contribution >= 0.6 is 0 Å². The quantitative estimate of drug-likeness (QED) is 0.787. The first kappa shape index (κ1) is 18.6. The van der Waals surface area contributed by atoms with Gasteiger partial charge in [0.05, 0.1) is 26.9 Å². The van der Waals surface area contributed by atoms with E-state index in [2.05, 4.69) is 12.2 Å². The first-order valence-electron chi connectivity index (χ1n) is 8.34. The molecule has 1 amide bonds. The van der Waals surface area contributed by atoms with Gasteiger partial charge in [-0.1, -0.05) is 6.92 Å². The third kappa shape index (κ3) is 4.89. The molecule has 1 N–H and O–H groups in total. The van der Waals surface area contributed by atoms with Crippen LogP contribution in [0.5, 0.6) is 17.2 Å². The summed E-state index contributed by atoms with van der Waals surface area (Å²) in [5.74, 6) is 2.03. The summed E-state index contributed by atoms with van der Waals surface area (Å²) in [6.07, 6.45) is 0.947. The van der Waals surface area contributed by atoms with E-state index in [0.29, 0.717) is 23.7 Å². The second-order valence-corrected chi connectivity index (χ2v) is 5.68. The van der Waals surface area contributed by atoms with Crippen LogP contribution in [0, 0.1) is 0 Å². The van der Waals surface area contributed by atoms with Crippen LogP contribution in [0.15, 0.2) is 42.5 Å². The van der Waals surface area contributed by atoms with Crippen molar-refractivity contribution in [1.82, 2.24) is 5.32 Å². The van der Waals surface area contributed by atoms with Gasteiger partial charge in [-0.05, 0) is 55.8 Å². The van der Waals surface area contributed by atoms with E-state index >= 15 is 0 Å². The molecule has 2 aromatic carbocycles. The lowest BCUT2D eigenvalue weighted by Gasteiger charge is -2.18. The molecule has 0 aliphatic heterocycles. The highest BCUT2D eigenvalue weighted by Gasteiger charge is 2.16. The Balaban J connectivity index is 2.09. The fraction of sp³-hybridized carbons (Fsp3) is 0.350. The first-order chi connectivity index (χ1) is 12.1. The number of hydrogen-bond acceptors (Lipinski definition) is 4. The SMILES string of the molecule is CCCOc1ccc(C(=O)N[C@H](C)c2cc(OC)ccc2OC)cc1. The van der Waals surface area contributed by atoms with Crippen molar-refractivity contribution in [3.8, 4) is 17.2 Å². The smallest absolute Gasteiger partial charge is 0.251 e. The summed E-state index contributed by atoms with van der Waals surface area (Å²) in [6, 6.07) is 12.4. The van der Waals surface area contributed by atoms with Crippen LogP contribution < -0.4 is 19.5 Å². The Labute approximate surface area is 148 Å². The largest absolute Gasteiger partial charge is 0.497 e. The molecule has 2 rings (SSSR count). The van der Waals surface area contributed by atoms with Gasteiger partial charge >= 0.3 is 0 Å². The maximum Gasteiger partial charge on any atom is 0.251 e. The molecule has 134 valence electrons. The summed E-state index contributed by atoms with van der Waals surface area (Å²) in [4.78, 5) is 12.5. The lowest BCUT2D eigenvalue weighted by molar-refractivity contribution is 0.0939. The van der Waals surface area contributed by atoms with Gasteiger partial charge in [-0.15, -0.1) is 0 Å². The van der Waals surface area contributed by atoms with Crippen molar-refractivity contribution in [2.24, 2.45) is 0 Å². The number of ether oxygens (including phenoxy) is 3. The van der Waals surface area contributed by atoms with Crippen LogP contribution in [0.3, 0.4) is 0 Å². The molecule has 0 spiro atoms. The standard InChI is InChI=1S/C20H25NO4/c1-5-12-25-16-8-6-15(7-9-16)20(22)21-14(2)18-13-17(23-3)10-11-19(18)24-4/h6-11,13-14H,5,12H2,1-4H3,(H,21,22)/t14-/m1/s1.